The lowest BCUT2D eigenvalue weighted by Gasteiger charge is -2.10. The Kier molecular flexibility index (Phi) is 5.27. The first-order valence-electron chi connectivity index (χ1n) is 7.83. The summed E-state index contributed by atoms with van der Waals surface area (Å²) in [5, 5.41) is 12.9. The molecule has 0 unspecified atom stereocenters. The van der Waals surface area contributed by atoms with Crippen LogP contribution in [-0.2, 0) is 6.54 Å². The minimum absolute atomic E-state index is 0.342. The van der Waals surface area contributed by atoms with Crippen LogP contribution in [0.25, 0.3) is 0 Å². The Morgan fingerprint density at radius 3 is 2.43 bits per heavy atom. The molecule has 0 atom stereocenters. The molecule has 0 saturated carbocycles. The fourth-order valence-electron chi connectivity index (χ4n) is 2.48. The van der Waals surface area contributed by atoms with Gasteiger partial charge in [0.1, 0.15) is 5.75 Å². The molecule has 0 heterocycles. The van der Waals surface area contributed by atoms with E-state index >= 15 is 0 Å². The van der Waals surface area contributed by atoms with Crippen LogP contribution in [0.5, 0.6) is 5.75 Å². The van der Waals surface area contributed by atoms with Crippen molar-refractivity contribution in [1.29, 1.82) is 0 Å². The van der Waals surface area contributed by atoms with Gasteiger partial charge < -0.3 is 16.2 Å². The van der Waals surface area contributed by atoms with Crippen molar-refractivity contribution in [3.63, 3.8) is 0 Å². The highest BCUT2D eigenvalue weighted by molar-refractivity contribution is 5.92. The summed E-state index contributed by atoms with van der Waals surface area (Å²) in [6, 6.07) is 12.0. The predicted octanol–water partition coefficient (Wildman–Crippen LogP) is 4.06. The van der Waals surface area contributed by atoms with Crippen LogP contribution in [0, 0.1) is 13.8 Å². The van der Waals surface area contributed by atoms with Crippen LogP contribution in [0.15, 0.2) is 41.4 Å². The largest absolute Gasteiger partial charge is 0.507 e. The topological polar surface area (TPSA) is 70.6 Å². The molecule has 122 valence electrons. The van der Waals surface area contributed by atoms with Gasteiger partial charge in [0, 0.05) is 5.69 Å². The molecule has 0 radical (unpaired) electrons. The Hall–Kier alpha value is -2.49. The first-order valence-corrected chi connectivity index (χ1v) is 7.83. The van der Waals surface area contributed by atoms with E-state index in [1.807, 2.05) is 38.1 Å². The van der Waals surface area contributed by atoms with Crippen molar-refractivity contribution < 1.29 is 5.11 Å². The monoisotopic (exact) mass is 311 g/mol. The molecule has 2 aromatic rings. The summed E-state index contributed by atoms with van der Waals surface area (Å²) in [5.41, 5.74) is 10.9. The predicted molar refractivity (Wildman–Crippen MR) is 97.1 cm³/mol. The molecule has 0 aromatic heterocycles. The summed E-state index contributed by atoms with van der Waals surface area (Å²) in [5.74, 6) is 1.20. The van der Waals surface area contributed by atoms with Crippen LogP contribution in [0.3, 0.4) is 0 Å². The van der Waals surface area contributed by atoms with Gasteiger partial charge in [-0.05, 0) is 54.2 Å². The van der Waals surface area contributed by atoms with Gasteiger partial charge >= 0.3 is 0 Å². The van der Waals surface area contributed by atoms with E-state index < -0.39 is 0 Å². The zero-order valence-corrected chi connectivity index (χ0v) is 14.2. The van der Waals surface area contributed by atoms with Crippen molar-refractivity contribution in [2.45, 2.75) is 40.2 Å². The zero-order chi connectivity index (χ0) is 17.0. The number of hydrogen-bond acceptors (Lipinski definition) is 2. The maximum absolute atomic E-state index is 9.80. The van der Waals surface area contributed by atoms with Gasteiger partial charge in [0.25, 0.3) is 0 Å². The van der Waals surface area contributed by atoms with Crippen molar-refractivity contribution in [2.75, 3.05) is 5.32 Å². The number of aryl methyl sites for hydroxylation is 2. The Morgan fingerprint density at radius 1 is 1.17 bits per heavy atom. The molecule has 4 heteroatoms. The van der Waals surface area contributed by atoms with Crippen LogP contribution in [0.1, 0.15) is 42.0 Å². The highest BCUT2D eigenvalue weighted by Crippen LogP contribution is 2.23. The van der Waals surface area contributed by atoms with E-state index in [1.165, 1.54) is 5.56 Å². The average Bonchev–Trinajstić information content (AvgIpc) is 2.50. The molecule has 23 heavy (non-hydrogen) atoms. The number of aromatic hydroxyl groups is 1. The lowest BCUT2D eigenvalue weighted by molar-refractivity contribution is 0.466. The highest BCUT2D eigenvalue weighted by Gasteiger charge is 2.04. The minimum Gasteiger partial charge on any atom is -0.507 e. The van der Waals surface area contributed by atoms with Gasteiger partial charge in [0.15, 0.2) is 5.96 Å². The molecule has 0 fully saturated rings. The molecule has 0 amide bonds. The van der Waals surface area contributed by atoms with E-state index in [9.17, 15) is 5.11 Å². The van der Waals surface area contributed by atoms with E-state index in [0.717, 1.165) is 22.4 Å². The summed E-state index contributed by atoms with van der Waals surface area (Å²) in [6.07, 6.45) is 0. The molecule has 0 aliphatic carbocycles. The average molecular weight is 311 g/mol. The summed E-state index contributed by atoms with van der Waals surface area (Å²) in [7, 11) is 0. The summed E-state index contributed by atoms with van der Waals surface area (Å²) in [4.78, 5) is 4.38. The Labute approximate surface area is 138 Å². The third-order valence-electron chi connectivity index (χ3n) is 3.81. The van der Waals surface area contributed by atoms with Crippen molar-refractivity contribution in [3.05, 3.63) is 58.7 Å². The van der Waals surface area contributed by atoms with E-state index in [0.29, 0.717) is 24.2 Å². The number of nitrogens with two attached hydrogens (primary N) is 1. The molecule has 0 saturated heterocycles. The number of benzene rings is 2. The second-order valence-electron chi connectivity index (χ2n) is 6.18. The molecule has 2 aromatic carbocycles. The van der Waals surface area contributed by atoms with E-state index in [-0.39, 0.29) is 0 Å². The normalized spacial score (nSPS) is 11.8. The fourth-order valence-corrected chi connectivity index (χ4v) is 2.48. The number of guanidine groups is 1. The maximum Gasteiger partial charge on any atom is 0.193 e. The third kappa shape index (κ3) is 4.49. The molecule has 0 aliphatic rings. The number of hydrogen-bond donors (Lipinski definition) is 3. The molecular formula is C19H25N3O. The second kappa shape index (κ2) is 7.18. The second-order valence-corrected chi connectivity index (χ2v) is 6.18. The lowest BCUT2D eigenvalue weighted by Crippen LogP contribution is -2.22. The van der Waals surface area contributed by atoms with Gasteiger partial charge in [-0.2, -0.15) is 0 Å². The van der Waals surface area contributed by atoms with Crippen molar-refractivity contribution in [3.8, 4) is 5.75 Å². The Morgan fingerprint density at radius 2 is 1.83 bits per heavy atom. The van der Waals surface area contributed by atoms with Crippen LogP contribution in [0.2, 0.25) is 0 Å². The van der Waals surface area contributed by atoms with Gasteiger partial charge in [0.05, 0.1) is 6.54 Å². The van der Waals surface area contributed by atoms with E-state index in [4.69, 9.17) is 5.73 Å². The molecule has 4 nitrogen and oxygen atoms in total. The van der Waals surface area contributed by atoms with Gasteiger partial charge in [-0.15, -0.1) is 0 Å². The SMILES string of the molecule is Cc1cc(CN=C(N)Nc2cccc(C(C)C)c2)cc(C)c1O. The lowest BCUT2D eigenvalue weighted by atomic mass is 10.0. The number of rotatable bonds is 4. The van der Waals surface area contributed by atoms with Crippen LogP contribution in [-0.4, -0.2) is 11.1 Å². The van der Waals surface area contributed by atoms with Gasteiger partial charge in [-0.3, -0.25) is 0 Å². The Bertz CT molecular complexity index is 697. The molecule has 0 aliphatic heterocycles. The molecular weight excluding hydrogens is 286 g/mol. The number of anilines is 1. The van der Waals surface area contributed by atoms with Crippen LogP contribution in [0.4, 0.5) is 5.69 Å². The summed E-state index contributed by atoms with van der Waals surface area (Å²) >= 11 is 0. The minimum atomic E-state index is 0.342. The highest BCUT2D eigenvalue weighted by atomic mass is 16.3. The third-order valence-corrected chi connectivity index (χ3v) is 3.81. The number of phenolic OH excluding ortho intramolecular Hbond substituents is 1. The number of nitrogens with zero attached hydrogens (tertiary/aromatic N) is 1. The summed E-state index contributed by atoms with van der Waals surface area (Å²) in [6.45, 7) is 8.56. The molecule has 0 bridgehead atoms. The zero-order valence-electron chi connectivity index (χ0n) is 14.2. The van der Waals surface area contributed by atoms with Crippen LogP contribution < -0.4 is 11.1 Å². The standard InChI is InChI=1S/C19H25N3O/c1-12(2)16-6-5-7-17(10-16)22-19(20)21-11-15-8-13(3)18(23)14(4)9-15/h5-10,12,23H,11H2,1-4H3,(H3,20,21,22). The summed E-state index contributed by atoms with van der Waals surface area (Å²) < 4.78 is 0. The van der Waals surface area contributed by atoms with Crippen LogP contribution >= 0.6 is 0 Å². The van der Waals surface area contributed by atoms with Gasteiger partial charge in [-0.1, -0.05) is 38.1 Å². The van der Waals surface area contributed by atoms with Crippen molar-refractivity contribution >= 4 is 11.6 Å². The Balaban J connectivity index is 2.07. The van der Waals surface area contributed by atoms with E-state index in [1.54, 1.807) is 0 Å². The number of nitrogens with one attached hydrogen (secondary N) is 1. The fraction of sp³-hybridized carbons (Fsp3) is 0.316. The number of phenols is 1. The van der Waals surface area contributed by atoms with Crippen molar-refractivity contribution in [2.24, 2.45) is 10.7 Å². The molecule has 4 N–H and O–H groups in total. The van der Waals surface area contributed by atoms with E-state index in [2.05, 4.69) is 36.3 Å². The number of aliphatic imine (C=N–C) groups is 1. The van der Waals surface area contributed by atoms with Crippen molar-refractivity contribution in [1.82, 2.24) is 0 Å². The van der Waals surface area contributed by atoms with Gasteiger partial charge in [0.2, 0.25) is 0 Å². The smallest absolute Gasteiger partial charge is 0.193 e. The van der Waals surface area contributed by atoms with Gasteiger partial charge in [-0.25, -0.2) is 4.99 Å². The first-order chi connectivity index (χ1) is 10.9. The molecule has 0 spiro atoms. The quantitative estimate of drug-likeness (QED) is 0.589. The molecule has 2 rings (SSSR count). The first kappa shape index (κ1) is 16.9. The maximum atomic E-state index is 9.80.